The van der Waals surface area contributed by atoms with Crippen LogP contribution in [0.1, 0.15) is 28.8 Å². The molecule has 1 N–H and O–H groups in total. The SMILES string of the molecule is CNC1CCN(C(=O)c2cccc(OCc3cccc(Cl)c3)c2)CC1.Cl. The number of nitrogens with one attached hydrogen (secondary N) is 1. The van der Waals surface area contributed by atoms with Crippen LogP contribution in [-0.4, -0.2) is 37.0 Å². The quantitative estimate of drug-likeness (QED) is 0.827. The monoisotopic (exact) mass is 394 g/mol. The van der Waals surface area contributed by atoms with E-state index in [2.05, 4.69) is 5.32 Å². The Kier molecular flexibility index (Phi) is 7.76. The summed E-state index contributed by atoms with van der Waals surface area (Å²) in [6.45, 7) is 2.00. The summed E-state index contributed by atoms with van der Waals surface area (Å²) in [6, 6.07) is 15.5. The summed E-state index contributed by atoms with van der Waals surface area (Å²) >= 11 is 5.99. The van der Waals surface area contributed by atoms with Gasteiger partial charge < -0.3 is 15.0 Å². The highest BCUT2D eigenvalue weighted by atomic mass is 35.5. The van der Waals surface area contributed by atoms with Crippen molar-refractivity contribution < 1.29 is 9.53 Å². The Bertz CT molecular complexity index is 731. The topological polar surface area (TPSA) is 41.6 Å². The fourth-order valence-corrected chi connectivity index (χ4v) is 3.28. The van der Waals surface area contributed by atoms with E-state index < -0.39 is 0 Å². The van der Waals surface area contributed by atoms with Crippen LogP contribution in [0.15, 0.2) is 48.5 Å². The Hall–Kier alpha value is -1.75. The molecular formula is C20H24Cl2N2O2. The second-order valence-electron chi connectivity index (χ2n) is 6.30. The van der Waals surface area contributed by atoms with Crippen molar-refractivity contribution in [2.75, 3.05) is 20.1 Å². The summed E-state index contributed by atoms with van der Waals surface area (Å²) in [4.78, 5) is 14.6. The van der Waals surface area contributed by atoms with Crippen LogP contribution in [0.3, 0.4) is 0 Å². The number of nitrogens with zero attached hydrogens (tertiary/aromatic N) is 1. The first kappa shape index (κ1) is 20.6. The molecule has 1 aliphatic rings. The Labute approximate surface area is 165 Å². The molecule has 0 saturated carbocycles. The molecule has 1 fully saturated rings. The number of rotatable bonds is 5. The van der Waals surface area contributed by atoms with Crippen molar-refractivity contribution in [3.05, 3.63) is 64.7 Å². The van der Waals surface area contributed by atoms with Crippen molar-refractivity contribution in [3.63, 3.8) is 0 Å². The second kappa shape index (κ2) is 9.81. The fourth-order valence-electron chi connectivity index (χ4n) is 3.07. The van der Waals surface area contributed by atoms with Gasteiger partial charge in [-0.3, -0.25) is 4.79 Å². The van der Waals surface area contributed by atoms with E-state index in [0.717, 1.165) is 31.5 Å². The summed E-state index contributed by atoms with van der Waals surface area (Å²) in [7, 11) is 1.98. The molecule has 0 aromatic heterocycles. The predicted octanol–water partition coefficient (Wildman–Crippen LogP) is 4.16. The number of hydrogen-bond donors (Lipinski definition) is 1. The number of likely N-dealkylation sites (tertiary alicyclic amines) is 1. The molecule has 0 bridgehead atoms. The van der Waals surface area contributed by atoms with E-state index in [1.807, 2.05) is 60.5 Å². The first-order valence-electron chi connectivity index (χ1n) is 8.59. The smallest absolute Gasteiger partial charge is 0.253 e. The van der Waals surface area contributed by atoms with Crippen LogP contribution in [0.2, 0.25) is 5.02 Å². The zero-order valence-corrected chi connectivity index (χ0v) is 16.4. The van der Waals surface area contributed by atoms with Gasteiger partial charge in [-0.15, -0.1) is 12.4 Å². The second-order valence-corrected chi connectivity index (χ2v) is 6.74. The molecular weight excluding hydrogens is 371 g/mol. The highest BCUT2D eigenvalue weighted by Crippen LogP contribution is 2.19. The van der Waals surface area contributed by atoms with Crippen LogP contribution in [0.25, 0.3) is 0 Å². The van der Waals surface area contributed by atoms with Gasteiger partial charge in [0.1, 0.15) is 12.4 Å². The molecule has 4 nitrogen and oxygen atoms in total. The molecule has 1 aliphatic heterocycles. The number of halogens is 2. The third kappa shape index (κ3) is 5.37. The molecule has 3 rings (SSSR count). The molecule has 26 heavy (non-hydrogen) atoms. The van der Waals surface area contributed by atoms with Gasteiger partial charge in [-0.2, -0.15) is 0 Å². The van der Waals surface area contributed by atoms with Gasteiger partial charge in [0.2, 0.25) is 0 Å². The summed E-state index contributed by atoms with van der Waals surface area (Å²) in [5.41, 5.74) is 1.67. The van der Waals surface area contributed by atoms with E-state index in [4.69, 9.17) is 16.3 Å². The zero-order chi connectivity index (χ0) is 17.6. The van der Waals surface area contributed by atoms with E-state index >= 15 is 0 Å². The Balaban J connectivity index is 0.00000243. The minimum Gasteiger partial charge on any atom is -0.489 e. The standard InChI is InChI=1S/C20H23ClN2O2.ClH/c1-22-18-8-10-23(11-9-18)20(24)16-5-3-7-19(13-16)25-14-15-4-2-6-17(21)12-15;/h2-7,12-13,18,22H,8-11,14H2,1H3;1H. The largest absolute Gasteiger partial charge is 0.489 e. The van der Waals surface area contributed by atoms with Gasteiger partial charge >= 0.3 is 0 Å². The minimum atomic E-state index is 0. The first-order chi connectivity index (χ1) is 12.2. The van der Waals surface area contributed by atoms with Crippen LogP contribution < -0.4 is 10.1 Å². The maximum absolute atomic E-state index is 12.7. The van der Waals surface area contributed by atoms with Crippen LogP contribution in [0, 0.1) is 0 Å². The number of benzene rings is 2. The van der Waals surface area contributed by atoms with E-state index in [-0.39, 0.29) is 18.3 Å². The van der Waals surface area contributed by atoms with E-state index in [1.54, 1.807) is 0 Å². The molecule has 2 aromatic carbocycles. The van der Waals surface area contributed by atoms with Crippen molar-refractivity contribution in [2.45, 2.75) is 25.5 Å². The number of piperidine rings is 1. The lowest BCUT2D eigenvalue weighted by Crippen LogP contribution is -2.43. The van der Waals surface area contributed by atoms with E-state index in [1.165, 1.54) is 0 Å². The first-order valence-corrected chi connectivity index (χ1v) is 8.97. The van der Waals surface area contributed by atoms with Gasteiger partial charge in [0.15, 0.2) is 0 Å². The molecule has 2 aromatic rings. The van der Waals surface area contributed by atoms with Gasteiger partial charge in [-0.05, 0) is 55.8 Å². The maximum atomic E-state index is 12.7. The lowest BCUT2D eigenvalue weighted by molar-refractivity contribution is 0.0707. The summed E-state index contributed by atoms with van der Waals surface area (Å²) < 4.78 is 5.82. The predicted molar refractivity (Wildman–Crippen MR) is 107 cm³/mol. The van der Waals surface area contributed by atoms with Gasteiger partial charge in [-0.1, -0.05) is 29.8 Å². The lowest BCUT2D eigenvalue weighted by atomic mass is 10.0. The Morgan fingerprint density at radius 3 is 2.62 bits per heavy atom. The number of ether oxygens (including phenoxy) is 1. The molecule has 1 saturated heterocycles. The van der Waals surface area contributed by atoms with Gasteiger partial charge in [0, 0.05) is 29.7 Å². The number of carbonyl (C=O) groups is 1. The molecule has 1 amide bonds. The summed E-state index contributed by atoms with van der Waals surface area (Å²) in [6.07, 6.45) is 1.99. The molecule has 0 spiro atoms. The molecule has 6 heteroatoms. The van der Waals surface area contributed by atoms with Crippen molar-refractivity contribution >= 4 is 29.9 Å². The number of hydrogen-bond acceptors (Lipinski definition) is 3. The van der Waals surface area contributed by atoms with Crippen LogP contribution >= 0.6 is 24.0 Å². The molecule has 0 atom stereocenters. The van der Waals surface area contributed by atoms with Gasteiger partial charge in [0.25, 0.3) is 5.91 Å². The summed E-state index contributed by atoms with van der Waals surface area (Å²) in [5.74, 6) is 0.763. The number of carbonyl (C=O) groups excluding carboxylic acids is 1. The fraction of sp³-hybridized carbons (Fsp3) is 0.350. The third-order valence-electron chi connectivity index (χ3n) is 4.57. The van der Waals surface area contributed by atoms with Crippen molar-refractivity contribution in [1.29, 1.82) is 0 Å². The Morgan fingerprint density at radius 1 is 1.19 bits per heavy atom. The summed E-state index contributed by atoms with van der Waals surface area (Å²) in [5, 5.41) is 3.97. The average molecular weight is 395 g/mol. The van der Waals surface area contributed by atoms with Gasteiger partial charge in [-0.25, -0.2) is 0 Å². The molecule has 0 unspecified atom stereocenters. The minimum absolute atomic E-state index is 0. The van der Waals surface area contributed by atoms with Crippen LogP contribution in [0.4, 0.5) is 0 Å². The molecule has 140 valence electrons. The van der Waals surface area contributed by atoms with Crippen molar-refractivity contribution in [1.82, 2.24) is 10.2 Å². The Morgan fingerprint density at radius 2 is 1.92 bits per heavy atom. The van der Waals surface area contributed by atoms with Crippen molar-refractivity contribution in [3.8, 4) is 5.75 Å². The molecule has 0 aliphatic carbocycles. The zero-order valence-electron chi connectivity index (χ0n) is 14.8. The van der Waals surface area contributed by atoms with E-state index in [0.29, 0.717) is 29.0 Å². The molecule has 0 radical (unpaired) electrons. The maximum Gasteiger partial charge on any atom is 0.253 e. The van der Waals surface area contributed by atoms with Crippen LogP contribution in [-0.2, 0) is 6.61 Å². The van der Waals surface area contributed by atoms with E-state index in [9.17, 15) is 4.79 Å². The average Bonchev–Trinajstić information content (AvgIpc) is 2.66. The third-order valence-corrected chi connectivity index (χ3v) is 4.80. The molecule has 1 heterocycles. The normalized spacial score (nSPS) is 14.6. The van der Waals surface area contributed by atoms with Crippen molar-refractivity contribution in [2.24, 2.45) is 0 Å². The highest BCUT2D eigenvalue weighted by Gasteiger charge is 2.22. The highest BCUT2D eigenvalue weighted by molar-refractivity contribution is 6.30. The van der Waals surface area contributed by atoms with Gasteiger partial charge in [0.05, 0.1) is 0 Å². The number of amides is 1. The lowest BCUT2D eigenvalue weighted by Gasteiger charge is -2.31. The van der Waals surface area contributed by atoms with Crippen LogP contribution in [0.5, 0.6) is 5.75 Å².